The van der Waals surface area contributed by atoms with Crippen LogP contribution in [0, 0.1) is 18.7 Å². The average Bonchev–Trinajstić information content (AvgIpc) is 2.10. The lowest BCUT2D eigenvalue weighted by Gasteiger charge is -2.24. The summed E-state index contributed by atoms with van der Waals surface area (Å²) in [6, 6.07) is 2.75. The lowest BCUT2D eigenvalue weighted by molar-refractivity contribution is -0.122. The van der Waals surface area contributed by atoms with E-state index in [0.717, 1.165) is 24.8 Å². The van der Waals surface area contributed by atoms with Crippen molar-refractivity contribution in [3.05, 3.63) is 28.0 Å². The van der Waals surface area contributed by atoms with Gasteiger partial charge in [-0.2, -0.15) is 0 Å². The van der Waals surface area contributed by atoms with Gasteiger partial charge in [-0.1, -0.05) is 22.4 Å². The number of hydrogen-bond acceptors (Lipinski definition) is 1. The standard InChI is InChI=1S/C12H13BrFNO/c1-7-10(13)5-9(14)6-11(7)15-12(16)8-3-2-4-8/h5-6,8H,2-4H2,1H3,(H,15,16). The molecule has 0 aliphatic heterocycles. The molecule has 1 saturated carbocycles. The van der Waals surface area contributed by atoms with E-state index in [4.69, 9.17) is 0 Å². The Morgan fingerprint density at radius 1 is 1.50 bits per heavy atom. The van der Waals surface area contributed by atoms with Crippen molar-refractivity contribution in [2.45, 2.75) is 26.2 Å². The van der Waals surface area contributed by atoms with Gasteiger partial charge >= 0.3 is 0 Å². The molecule has 1 aromatic rings. The molecule has 1 aliphatic carbocycles. The van der Waals surface area contributed by atoms with E-state index in [-0.39, 0.29) is 17.6 Å². The molecule has 2 rings (SSSR count). The van der Waals surface area contributed by atoms with Gasteiger partial charge in [0, 0.05) is 16.1 Å². The molecular formula is C12H13BrFNO. The third-order valence-corrected chi connectivity index (χ3v) is 3.87. The maximum Gasteiger partial charge on any atom is 0.227 e. The Morgan fingerprint density at radius 3 is 2.75 bits per heavy atom. The zero-order valence-corrected chi connectivity index (χ0v) is 10.6. The highest BCUT2D eigenvalue weighted by atomic mass is 79.9. The van der Waals surface area contributed by atoms with Crippen molar-refractivity contribution in [2.75, 3.05) is 5.32 Å². The van der Waals surface area contributed by atoms with Crippen molar-refractivity contribution in [3.63, 3.8) is 0 Å². The molecule has 1 N–H and O–H groups in total. The van der Waals surface area contributed by atoms with E-state index in [0.29, 0.717) is 10.2 Å². The monoisotopic (exact) mass is 285 g/mol. The molecule has 4 heteroatoms. The smallest absolute Gasteiger partial charge is 0.227 e. The van der Waals surface area contributed by atoms with Crippen molar-refractivity contribution in [1.82, 2.24) is 0 Å². The van der Waals surface area contributed by atoms with Gasteiger partial charge in [0.25, 0.3) is 0 Å². The van der Waals surface area contributed by atoms with Crippen molar-refractivity contribution in [3.8, 4) is 0 Å². The number of nitrogens with one attached hydrogen (secondary N) is 1. The van der Waals surface area contributed by atoms with E-state index in [1.807, 2.05) is 6.92 Å². The highest BCUT2D eigenvalue weighted by molar-refractivity contribution is 9.10. The van der Waals surface area contributed by atoms with Crippen LogP contribution in [-0.4, -0.2) is 5.91 Å². The van der Waals surface area contributed by atoms with Crippen molar-refractivity contribution in [1.29, 1.82) is 0 Å². The van der Waals surface area contributed by atoms with E-state index < -0.39 is 0 Å². The first kappa shape index (κ1) is 11.6. The number of anilines is 1. The number of carbonyl (C=O) groups excluding carboxylic acids is 1. The van der Waals surface area contributed by atoms with Crippen LogP contribution in [0.4, 0.5) is 10.1 Å². The molecule has 86 valence electrons. The molecule has 0 bridgehead atoms. The number of halogens is 2. The van der Waals surface area contributed by atoms with Crippen LogP contribution in [0.3, 0.4) is 0 Å². The molecule has 1 fully saturated rings. The Balaban J connectivity index is 2.17. The maximum atomic E-state index is 13.2. The number of hydrogen-bond donors (Lipinski definition) is 1. The topological polar surface area (TPSA) is 29.1 Å². The summed E-state index contributed by atoms with van der Waals surface area (Å²) in [6.45, 7) is 1.85. The molecule has 1 aromatic carbocycles. The molecule has 0 saturated heterocycles. The van der Waals surface area contributed by atoms with E-state index in [1.165, 1.54) is 12.1 Å². The van der Waals surface area contributed by atoms with Gasteiger partial charge in [-0.3, -0.25) is 4.79 Å². The fraction of sp³-hybridized carbons (Fsp3) is 0.417. The quantitative estimate of drug-likeness (QED) is 0.883. The van der Waals surface area contributed by atoms with Gasteiger partial charge in [-0.05, 0) is 37.5 Å². The minimum Gasteiger partial charge on any atom is -0.325 e. The predicted octanol–water partition coefficient (Wildman–Crippen LogP) is 3.64. The van der Waals surface area contributed by atoms with Gasteiger partial charge in [0.05, 0.1) is 0 Å². The molecule has 16 heavy (non-hydrogen) atoms. The molecule has 2 nitrogen and oxygen atoms in total. The van der Waals surface area contributed by atoms with Crippen LogP contribution in [0.1, 0.15) is 24.8 Å². The number of carbonyl (C=O) groups is 1. The minimum absolute atomic E-state index is 0.00634. The fourth-order valence-electron chi connectivity index (χ4n) is 1.68. The van der Waals surface area contributed by atoms with Crippen molar-refractivity contribution < 1.29 is 9.18 Å². The normalized spacial score (nSPS) is 15.7. The Kier molecular flexibility index (Phi) is 3.28. The van der Waals surface area contributed by atoms with Gasteiger partial charge in [-0.25, -0.2) is 4.39 Å². The van der Waals surface area contributed by atoms with Crippen LogP contribution in [0.25, 0.3) is 0 Å². The van der Waals surface area contributed by atoms with Gasteiger partial charge in [-0.15, -0.1) is 0 Å². The first-order valence-corrected chi connectivity index (χ1v) is 6.13. The summed E-state index contributed by atoms with van der Waals surface area (Å²) in [6.07, 6.45) is 3.01. The van der Waals surface area contributed by atoms with Crippen LogP contribution >= 0.6 is 15.9 Å². The Labute approximate surface area is 102 Å². The first-order chi connectivity index (χ1) is 7.58. The Morgan fingerprint density at radius 2 is 2.19 bits per heavy atom. The highest BCUT2D eigenvalue weighted by Gasteiger charge is 2.25. The highest BCUT2D eigenvalue weighted by Crippen LogP contribution is 2.30. The summed E-state index contributed by atoms with van der Waals surface area (Å²) in [5.74, 6) is -0.227. The second-order valence-electron chi connectivity index (χ2n) is 4.18. The van der Waals surface area contributed by atoms with Crippen LogP contribution < -0.4 is 5.32 Å². The lowest BCUT2D eigenvalue weighted by atomic mass is 9.85. The van der Waals surface area contributed by atoms with Gasteiger partial charge in [0.2, 0.25) is 5.91 Å². The molecule has 0 unspecified atom stereocenters. The Bertz CT molecular complexity index is 429. The number of benzene rings is 1. The number of rotatable bonds is 2. The molecule has 0 aromatic heterocycles. The van der Waals surface area contributed by atoms with Crippen LogP contribution in [0.5, 0.6) is 0 Å². The summed E-state index contributed by atoms with van der Waals surface area (Å²) >= 11 is 3.26. The summed E-state index contributed by atoms with van der Waals surface area (Å²) in [7, 11) is 0. The van der Waals surface area contributed by atoms with Gasteiger partial charge < -0.3 is 5.32 Å². The summed E-state index contributed by atoms with van der Waals surface area (Å²) in [5, 5.41) is 2.78. The van der Waals surface area contributed by atoms with E-state index in [1.54, 1.807) is 0 Å². The van der Waals surface area contributed by atoms with Crippen LogP contribution in [-0.2, 0) is 4.79 Å². The molecular weight excluding hydrogens is 273 g/mol. The third kappa shape index (κ3) is 2.26. The molecule has 0 radical (unpaired) electrons. The zero-order valence-electron chi connectivity index (χ0n) is 9.02. The molecule has 0 heterocycles. The van der Waals surface area contributed by atoms with Crippen LogP contribution in [0.15, 0.2) is 16.6 Å². The van der Waals surface area contributed by atoms with Gasteiger partial charge in [0.15, 0.2) is 0 Å². The molecule has 1 aliphatic rings. The van der Waals surface area contributed by atoms with E-state index >= 15 is 0 Å². The number of amides is 1. The molecule has 0 atom stereocenters. The minimum atomic E-state index is -0.346. The molecule has 0 spiro atoms. The average molecular weight is 286 g/mol. The second kappa shape index (κ2) is 4.53. The second-order valence-corrected chi connectivity index (χ2v) is 5.03. The van der Waals surface area contributed by atoms with Crippen molar-refractivity contribution >= 4 is 27.5 Å². The summed E-state index contributed by atoms with van der Waals surface area (Å²) in [5.41, 5.74) is 1.41. The third-order valence-electron chi connectivity index (χ3n) is 3.04. The van der Waals surface area contributed by atoms with E-state index in [9.17, 15) is 9.18 Å². The Hall–Kier alpha value is -0.900. The maximum absolute atomic E-state index is 13.2. The van der Waals surface area contributed by atoms with E-state index in [2.05, 4.69) is 21.2 Å². The molecule has 1 amide bonds. The summed E-state index contributed by atoms with van der Waals surface area (Å²) < 4.78 is 13.9. The predicted molar refractivity (Wildman–Crippen MR) is 64.8 cm³/mol. The zero-order chi connectivity index (χ0) is 11.7. The summed E-state index contributed by atoms with van der Waals surface area (Å²) in [4.78, 5) is 11.7. The largest absolute Gasteiger partial charge is 0.325 e. The lowest BCUT2D eigenvalue weighted by Crippen LogP contribution is -2.28. The SMILES string of the molecule is Cc1c(Br)cc(F)cc1NC(=O)C1CCC1. The van der Waals surface area contributed by atoms with Gasteiger partial charge in [0.1, 0.15) is 5.82 Å². The van der Waals surface area contributed by atoms with Crippen molar-refractivity contribution in [2.24, 2.45) is 5.92 Å². The fourth-order valence-corrected chi connectivity index (χ4v) is 2.11. The first-order valence-electron chi connectivity index (χ1n) is 5.34. The van der Waals surface area contributed by atoms with Crippen LogP contribution in [0.2, 0.25) is 0 Å².